The smallest absolute Gasteiger partial charge is 0.405 e. The molecule has 6 heteroatoms. The van der Waals surface area contributed by atoms with Crippen molar-refractivity contribution in [3.63, 3.8) is 0 Å². The summed E-state index contributed by atoms with van der Waals surface area (Å²) in [5.74, 6) is -0.0879. The van der Waals surface area contributed by atoms with Gasteiger partial charge < -0.3 is 15.2 Å². The zero-order valence-corrected chi connectivity index (χ0v) is 10.9. The Bertz CT molecular complexity index is 514. The lowest BCUT2D eigenvalue weighted by Gasteiger charge is -2.08. The Kier molecular flexibility index (Phi) is 4.55. The number of amides is 1. The number of nitrogens with one attached hydrogen (secondary N) is 1. The quantitative estimate of drug-likeness (QED) is 0.801. The van der Waals surface area contributed by atoms with Crippen LogP contribution in [0.3, 0.4) is 0 Å². The molecule has 0 heterocycles. The van der Waals surface area contributed by atoms with E-state index in [1.165, 1.54) is 12.1 Å². The largest absolute Gasteiger partial charge is 0.490 e. The van der Waals surface area contributed by atoms with Crippen LogP contribution in [0.4, 0.5) is 9.18 Å². The van der Waals surface area contributed by atoms with Gasteiger partial charge in [-0.2, -0.15) is 0 Å². The third kappa shape index (κ3) is 4.53. The Morgan fingerprint density at radius 1 is 1.40 bits per heavy atom. The van der Waals surface area contributed by atoms with Crippen molar-refractivity contribution in [3.05, 3.63) is 29.6 Å². The molecule has 0 spiro atoms. The van der Waals surface area contributed by atoms with Gasteiger partial charge in [0.15, 0.2) is 17.3 Å². The SMILES string of the molecule is O=C(CNC(=O)O)Cc1ccc(OCC2CC2)c(F)c1. The molecule has 0 aromatic heterocycles. The van der Waals surface area contributed by atoms with Gasteiger partial charge in [0.2, 0.25) is 0 Å². The molecule has 1 aromatic carbocycles. The van der Waals surface area contributed by atoms with E-state index in [2.05, 4.69) is 0 Å². The maximum Gasteiger partial charge on any atom is 0.405 e. The van der Waals surface area contributed by atoms with Gasteiger partial charge in [-0.15, -0.1) is 0 Å². The third-order valence-electron chi connectivity index (χ3n) is 3.01. The number of hydrogen-bond donors (Lipinski definition) is 2. The maximum atomic E-state index is 13.7. The van der Waals surface area contributed by atoms with Crippen molar-refractivity contribution in [2.75, 3.05) is 13.2 Å². The molecule has 1 fully saturated rings. The van der Waals surface area contributed by atoms with Crippen LogP contribution in [0.25, 0.3) is 0 Å². The van der Waals surface area contributed by atoms with Crippen LogP contribution in [0.2, 0.25) is 0 Å². The highest BCUT2D eigenvalue weighted by Crippen LogP contribution is 2.30. The number of Topliss-reactive ketones (excluding diaryl/α,β-unsaturated/α-hetero) is 1. The Morgan fingerprint density at radius 2 is 2.15 bits per heavy atom. The molecule has 1 aromatic rings. The first kappa shape index (κ1) is 14.3. The highest BCUT2D eigenvalue weighted by Gasteiger charge is 2.22. The van der Waals surface area contributed by atoms with Crippen LogP contribution in [0.1, 0.15) is 18.4 Å². The average molecular weight is 281 g/mol. The van der Waals surface area contributed by atoms with Crippen molar-refractivity contribution in [3.8, 4) is 5.75 Å². The second-order valence-electron chi connectivity index (χ2n) is 4.89. The van der Waals surface area contributed by atoms with Crippen LogP contribution in [0.15, 0.2) is 18.2 Å². The third-order valence-corrected chi connectivity index (χ3v) is 3.01. The maximum absolute atomic E-state index is 13.7. The van der Waals surface area contributed by atoms with Crippen molar-refractivity contribution in [2.24, 2.45) is 5.92 Å². The van der Waals surface area contributed by atoms with Crippen molar-refractivity contribution in [1.29, 1.82) is 0 Å². The molecule has 2 N–H and O–H groups in total. The summed E-state index contributed by atoms with van der Waals surface area (Å²) in [6.07, 6.45) is 0.990. The first-order valence-corrected chi connectivity index (χ1v) is 6.44. The lowest BCUT2D eigenvalue weighted by molar-refractivity contribution is -0.117. The lowest BCUT2D eigenvalue weighted by Crippen LogP contribution is -2.28. The number of benzene rings is 1. The summed E-state index contributed by atoms with van der Waals surface area (Å²) in [5.41, 5.74) is 0.499. The molecule has 1 aliphatic carbocycles. The van der Waals surface area contributed by atoms with Crippen LogP contribution < -0.4 is 10.1 Å². The molecule has 0 saturated heterocycles. The zero-order valence-electron chi connectivity index (χ0n) is 10.9. The summed E-state index contributed by atoms with van der Waals surface area (Å²) < 4.78 is 19.1. The van der Waals surface area contributed by atoms with E-state index < -0.39 is 11.9 Å². The van der Waals surface area contributed by atoms with E-state index in [1.54, 1.807) is 6.07 Å². The number of ether oxygens (including phenoxy) is 1. The molecule has 1 aliphatic rings. The molecule has 2 rings (SSSR count). The summed E-state index contributed by atoms with van der Waals surface area (Å²) in [6.45, 7) is 0.245. The van der Waals surface area contributed by atoms with E-state index >= 15 is 0 Å². The van der Waals surface area contributed by atoms with E-state index in [4.69, 9.17) is 9.84 Å². The molecular weight excluding hydrogens is 265 g/mol. The van der Waals surface area contributed by atoms with E-state index in [9.17, 15) is 14.0 Å². The molecule has 0 aliphatic heterocycles. The van der Waals surface area contributed by atoms with Crippen LogP contribution in [-0.4, -0.2) is 30.1 Å². The predicted molar refractivity (Wildman–Crippen MR) is 69.4 cm³/mol. The van der Waals surface area contributed by atoms with Gasteiger partial charge in [-0.25, -0.2) is 9.18 Å². The molecule has 20 heavy (non-hydrogen) atoms. The van der Waals surface area contributed by atoms with Gasteiger partial charge in [0, 0.05) is 6.42 Å². The molecule has 108 valence electrons. The van der Waals surface area contributed by atoms with Gasteiger partial charge in [-0.1, -0.05) is 6.07 Å². The molecule has 0 atom stereocenters. The highest BCUT2D eigenvalue weighted by atomic mass is 19.1. The topological polar surface area (TPSA) is 75.6 Å². The minimum atomic E-state index is -1.26. The summed E-state index contributed by atoms with van der Waals surface area (Å²) in [5, 5.41) is 10.4. The van der Waals surface area contributed by atoms with Gasteiger partial charge in [-0.3, -0.25) is 4.79 Å². The zero-order chi connectivity index (χ0) is 14.5. The normalized spacial score (nSPS) is 13.8. The molecule has 5 nitrogen and oxygen atoms in total. The monoisotopic (exact) mass is 281 g/mol. The summed E-state index contributed by atoms with van der Waals surface area (Å²) in [4.78, 5) is 21.7. The van der Waals surface area contributed by atoms with Crippen molar-refractivity contribution >= 4 is 11.9 Å². The van der Waals surface area contributed by atoms with Gasteiger partial charge in [0.05, 0.1) is 13.2 Å². The Labute approximate surface area is 115 Å². The minimum Gasteiger partial charge on any atom is -0.490 e. The molecule has 0 unspecified atom stereocenters. The number of carbonyl (C=O) groups is 2. The lowest BCUT2D eigenvalue weighted by atomic mass is 10.1. The first-order valence-electron chi connectivity index (χ1n) is 6.44. The molecule has 0 radical (unpaired) electrons. The minimum absolute atomic E-state index is 0.0138. The molecule has 1 amide bonds. The summed E-state index contributed by atoms with van der Waals surface area (Å²) in [6, 6.07) is 4.37. The summed E-state index contributed by atoms with van der Waals surface area (Å²) in [7, 11) is 0. The molecule has 0 bridgehead atoms. The number of carbonyl (C=O) groups excluding carboxylic acids is 1. The van der Waals surface area contributed by atoms with Crippen LogP contribution >= 0.6 is 0 Å². The Hall–Kier alpha value is -2.11. The number of carboxylic acid groups (broad SMARTS) is 1. The fourth-order valence-corrected chi connectivity index (χ4v) is 1.73. The van der Waals surface area contributed by atoms with Gasteiger partial charge in [0.25, 0.3) is 0 Å². The highest BCUT2D eigenvalue weighted by molar-refractivity contribution is 5.85. The van der Waals surface area contributed by atoms with Crippen molar-refractivity contribution in [1.82, 2.24) is 5.32 Å². The second-order valence-corrected chi connectivity index (χ2v) is 4.89. The van der Waals surface area contributed by atoms with Gasteiger partial charge in [-0.05, 0) is 36.5 Å². The Morgan fingerprint density at radius 3 is 2.75 bits per heavy atom. The number of halogens is 1. The molecule has 1 saturated carbocycles. The number of hydrogen-bond acceptors (Lipinski definition) is 3. The Balaban J connectivity index is 1.87. The van der Waals surface area contributed by atoms with Gasteiger partial charge in [0.1, 0.15) is 0 Å². The van der Waals surface area contributed by atoms with E-state index in [0.29, 0.717) is 18.1 Å². The van der Waals surface area contributed by atoms with Crippen molar-refractivity contribution in [2.45, 2.75) is 19.3 Å². The predicted octanol–water partition coefficient (Wildman–Crippen LogP) is 1.99. The summed E-state index contributed by atoms with van der Waals surface area (Å²) >= 11 is 0. The van der Waals surface area contributed by atoms with E-state index in [1.807, 2.05) is 5.32 Å². The first-order chi connectivity index (χ1) is 9.54. The van der Waals surface area contributed by atoms with Crippen molar-refractivity contribution < 1.29 is 23.8 Å². The van der Waals surface area contributed by atoms with E-state index in [-0.39, 0.29) is 24.5 Å². The number of rotatable bonds is 7. The second kappa shape index (κ2) is 6.36. The fraction of sp³-hybridized carbons (Fsp3) is 0.429. The number of ketones is 1. The average Bonchev–Trinajstić information content (AvgIpc) is 3.19. The standard InChI is InChI=1S/C14H16FNO4/c15-12-6-10(5-11(17)7-16-14(18)19)3-4-13(12)20-8-9-1-2-9/h3-4,6,9,16H,1-2,5,7-8H2,(H,18,19). The van der Waals surface area contributed by atoms with Crippen LogP contribution in [0, 0.1) is 11.7 Å². The van der Waals surface area contributed by atoms with E-state index in [0.717, 1.165) is 12.8 Å². The van der Waals surface area contributed by atoms with Crippen LogP contribution in [0.5, 0.6) is 5.75 Å². The van der Waals surface area contributed by atoms with Gasteiger partial charge >= 0.3 is 6.09 Å². The molecular formula is C14H16FNO4. The van der Waals surface area contributed by atoms with Crippen LogP contribution in [-0.2, 0) is 11.2 Å². The fourth-order valence-electron chi connectivity index (χ4n) is 1.73.